The van der Waals surface area contributed by atoms with E-state index >= 15 is 0 Å². The molecule has 0 saturated carbocycles. The largest absolute Gasteiger partial charge is 0.310 e. The summed E-state index contributed by atoms with van der Waals surface area (Å²) in [5, 5.41) is 4.94. The zero-order valence-electron chi connectivity index (χ0n) is 31.2. The molecule has 0 aliphatic carbocycles. The van der Waals surface area contributed by atoms with E-state index in [2.05, 4.69) is 238 Å². The second-order valence-corrected chi connectivity index (χ2v) is 14.6. The second-order valence-electron chi connectivity index (χ2n) is 14.6. The molecule has 0 bridgehead atoms. The normalized spacial score (nSPS) is 11.5. The van der Waals surface area contributed by atoms with Crippen LogP contribution in [0, 0.1) is 0 Å². The lowest BCUT2D eigenvalue weighted by molar-refractivity contribution is 1.17. The molecular formula is C54H37N3. The van der Waals surface area contributed by atoms with Gasteiger partial charge in [0.15, 0.2) is 0 Å². The quantitative estimate of drug-likeness (QED) is 0.159. The van der Waals surface area contributed by atoms with E-state index in [1.165, 1.54) is 60.3 Å². The Labute approximate surface area is 331 Å². The molecule has 0 radical (unpaired) electrons. The Bertz CT molecular complexity index is 3160. The predicted octanol–water partition coefficient (Wildman–Crippen LogP) is 14.7. The first-order valence-electron chi connectivity index (χ1n) is 19.5. The molecule has 9 aromatic carbocycles. The molecule has 0 N–H and O–H groups in total. The minimum atomic E-state index is 1.07. The lowest BCUT2D eigenvalue weighted by atomic mass is 9.99. The Morgan fingerprint density at radius 2 is 0.772 bits per heavy atom. The van der Waals surface area contributed by atoms with Crippen molar-refractivity contribution in [2.24, 2.45) is 0 Å². The van der Waals surface area contributed by atoms with Crippen molar-refractivity contribution < 1.29 is 0 Å². The van der Waals surface area contributed by atoms with Gasteiger partial charge in [-0.2, -0.15) is 0 Å². The highest BCUT2D eigenvalue weighted by atomic mass is 15.1. The second kappa shape index (κ2) is 13.6. The van der Waals surface area contributed by atoms with Crippen LogP contribution in [0.2, 0.25) is 0 Å². The van der Waals surface area contributed by atoms with Gasteiger partial charge in [0.25, 0.3) is 0 Å². The van der Waals surface area contributed by atoms with E-state index in [0.717, 1.165) is 34.0 Å². The Hall–Kier alpha value is -7.62. The minimum Gasteiger partial charge on any atom is -0.310 e. The van der Waals surface area contributed by atoms with Crippen molar-refractivity contribution in [2.45, 2.75) is 0 Å². The van der Waals surface area contributed by atoms with Gasteiger partial charge < -0.3 is 14.0 Å². The molecule has 0 atom stereocenters. The molecule has 11 rings (SSSR count). The highest BCUT2D eigenvalue weighted by Gasteiger charge is 2.21. The Morgan fingerprint density at radius 1 is 0.281 bits per heavy atom. The molecule has 0 aliphatic rings. The van der Waals surface area contributed by atoms with Crippen LogP contribution in [0.5, 0.6) is 0 Å². The molecule has 0 amide bonds. The van der Waals surface area contributed by atoms with Crippen LogP contribution in [0.1, 0.15) is 0 Å². The molecule has 2 aromatic heterocycles. The van der Waals surface area contributed by atoms with E-state index in [0.29, 0.717) is 0 Å². The number of rotatable bonds is 7. The third-order valence-corrected chi connectivity index (χ3v) is 11.3. The highest BCUT2D eigenvalue weighted by molar-refractivity contribution is 6.14. The summed E-state index contributed by atoms with van der Waals surface area (Å²) in [6.07, 6.45) is 0. The Morgan fingerprint density at radius 3 is 1.42 bits per heavy atom. The highest BCUT2D eigenvalue weighted by Crippen LogP contribution is 2.44. The number of anilines is 3. The molecule has 0 fully saturated rings. The zero-order valence-corrected chi connectivity index (χ0v) is 31.2. The maximum absolute atomic E-state index is 2.44. The molecule has 0 saturated heterocycles. The van der Waals surface area contributed by atoms with Gasteiger partial charge in [0, 0.05) is 55.5 Å². The molecular weight excluding hydrogens is 691 g/mol. The molecule has 11 aromatic rings. The molecule has 0 unspecified atom stereocenters. The van der Waals surface area contributed by atoms with E-state index in [-0.39, 0.29) is 0 Å². The van der Waals surface area contributed by atoms with Gasteiger partial charge in [-0.05, 0) is 89.5 Å². The number of hydrogen-bond acceptors (Lipinski definition) is 1. The van der Waals surface area contributed by atoms with Crippen LogP contribution in [0.15, 0.2) is 224 Å². The van der Waals surface area contributed by atoms with Gasteiger partial charge >= 0.3 is 0 Å². The molecule has 3 heteroatoms. The summed E-state index contributed by atoms with van der Waals surface area (Å²) in [5.74, 6) is 0. The van der Waals surface area contributed by atoms with Gasteiger partial charge in [-0.1, -0.05) is 152 Å². The predicted molar refractivity (Wildman–Crippen MR) is 241 cm³/mol. The average Bonchev–Trinajstić information content (AvgIpc) is 3.81. The summed E-state index contributed by atoms with van der Waals surface area (Å²) in [4.78, 5) is 2.39. The van der Waals surface area contributed by atoms with Gasteiger partial charge in [0.1, 0.15) is 0 Å². The standard InChI is InChI=1S/C54H37N3/c1-4-17-38(18-5-1)39-31-33-43(34-32-39)55(41-19-6-2-7-20-41)44-35-40(36-45(37-44)56-51-28-13-10-23-47(51)48-24-11-14-29-52(48)56)46-26-16-27-50-49-25-12-15-30-53(49)57(54(46)50)42-21-8-3-9-22-42/h1-37H. The molecule has 0 spiro atoms. The third kappa shape index (κ3) is 5.51. The van der Waals surface area contributed by atoms with Gasteiger partial charge in [-0.25, -0.2) is 0 Å². The summed E-state index contributed by atoms with van der Waals surface area (Å²) >= 11 is 0. The fraction of sp³-hybridized carbons (Fsp3) is 0. The smallest absolute Gasteiger partial charge is 0.0619 e. The number of para-hydroxylation sites is 6. The summed E-state index contributed by atoms with van der Waals surface area (Å²) in [6.45, 7) is 0. The van der Waals surface area contributed by atoms with Crippen LogP contribution >= 0.6 is 0 Å². The Balaban J connectivity index is 1.22. The summed E-state index contributed by atoms with van der Waals surface area (Å²) in [5.41, 5.74) is 14.9. The van der Waals surface area contributed by atoms with Gasteiger partial charge in [0.2, 0.25) is 0 Å². The van der Waals surface area contributed by atoms with Crippen LogP contribution < -0.4 is 4.90 Å². The van der Waals surface area contributed by atoms with Crippen molar-refractivity contribution in [3.05, 3.63) is 224 Å². The summed E-state index contributed by atoms with van der Waals surface area (Å²) < 4.78 is 4.87. The number of aromatic nitrogens is 2. The maximum Gasteiger partial charge on any atom is 0.0619 e. The van der Waals surface area contributed by atoms with Crippen LogP contribution in [0.4, 0.5) is 17.1 Å². The van der Waals surface area contributed by atoms with E-state index in [9.17, 15) is 0 Å². The molecule has 2 heterocycles. The number of nitrogens with zero attached hydrogens (tertiary/aromatic N) is 3. The molecule has 0 aliphatic heterocycles. The van der Waals surface area contributed by atoms with Crippen molar-refractivity contribution in [2.75, 3.05) is 4.90 Å². The molecule has 3 nitrogen and oxygen atoms in total. The van der Waals surface area contributed by atoms with Crippen molar-refractivity contribution in [3.63, 3.8) is 0 Å². The zero-order chi connectivity index (χ0) is 37.7. The van der Waals surface area contributed by atoms with E-state index in [1.54, 1.807) is 0 Å². The van der Waals surface area contributed by atoms with E-state index < -0.39 is 0 Å². The van der Waals surface area contributed by atoms with E-state index in [1.807, 2.05) is 0 Å². The van der Waals surface area contributed by atoms with Crippen molar-refractivity contribution in [1.82, 2.24) is 9.13 Å². The summed E-state index contributed by atoms with van der Waals surface area (Å²) in [6, 6.07) is 81.2. The topological polar surface area (TPSA) is 13.1 Å². The van der Waals surface area contributed by atoms with Crippen LogP contribution in [-0.4, -0.2) is 9.13 Å². The van der Waals surface area contributed by atoms with Crippen molar-refractivity contribution in [1.29, 1.82) is 0 Å². The number of benzene rings is 9. The average molecular weight is 728 g/mol. The summed E-state index contributed by atoms with van der Waals surface area (Å²) in [7, 11) is 0. The first-order valence-corrected chi connectivity index (χ1v) is 19.5. The minimum absolute atomic E-state index is 1.07. The van der Waals surface area contributed by atoms with Gasteiger partial charge in [-0.15, -0.1) is 0 Å². The van der Waals surface area contributed by atoms with Gasteiger partial charge in [0.05, 0.1) is 22.1 Å². The number of hydrogen-bond donors (Lipinski definition) is 0. The fourth-order valence-corrected chi connectivity index (χ4v) is 8.76. The lowest BCUT2D eigenvalue weighted by Gasteiger charge is -2.27. The third-order valence-electron chi connectivity index (χ3n) is 11.3. The van der Waals surface area contributed by atoms with Crippen LogP contribution in [0.25, 0.3) is 77.2 Å². The first-order chi connectivity index (χ1) is 28.3. The van der Waals surface area contributed by atoms with Crippen molar-refractivity contribution in [3.8, 4) is 33.6 Å². The van der Waals surface area contributed by atoms with Crippen LogP contribution in [-0.2, 0) is 0 Å². The van der Waals surface area contributed by atoms with Crippen LogP contribution in [0.3, 0.4) is 0 Å². The maximum atomic E-state index is 2.44. The molecule has 57 heavy (non-hydrogen) atoms. The van der Waals surface area contributed by atoms with E-state index in [4.69, 9.17) is 0 Å². The monoisotopic (exact) mass is 727 g/mol. The SMILES string of the molecule is c1ccc(-c2ccc(N(c3ccccc3)c3cc(-c4cccc5c6ccccc6n(-c6ccccc6)c45)cc(-n4c5ccccc5c5ccccc54)c3)cc2)cc1. The number of fused-ring (bicyclic) bond motifs is 6. The van der Waals surface area contributed by atoms with Gasteiger partial charge in [-0.3, -0.25) is 0 Å². The Kier molecular flexibility index (Phi) is 7.82. The fourth-order valence-electron chi connectivity index (χ4n) is 8.76. The molecule has 268 valence electrons. The van der Waals surface area contributed by atoms with Crippen molar-refractivity contribution >= 4 is 60.7 Å². The lowest BCUT2D eigenvalue weighted by Crippen LogP contribution is -2.11. The first kappa shape index (κ1) is 32.8.